The fraction of sp³-hybridized carbons (Fsp3) is 0.438. The van der Waals surface area contributed by atoms with E-state index in [2.05, 4.69) is 24.3 Å². The van der Waals surface area contributed by atoms with E-state index in [-0.39, 0.29) is 17.9 Å². The van der Waals surface area contributed by atoms with Crippen LogP contribution < -0.4 is 5.32 Å². The second-order valence-corrected chi connectivity index (χ2v) is 5.82. The van der Waals surface area contributed by atoms with Crippen LogP contribution in [-0.2, 0) is 0 Å². The van der Waals surface area contributed by atoms with E-state index in [0.717, 1.165) is 17.8 Å². The molecule has 1 atom stereocenters. The first-order valence-electron chi connectivity index (χ1n) is 7.18. The Kier molecular flexibility index (Phi) is 5.01. The molecule has 1 aromatic heterocycles. The Bertz CT molecular complexity index is 622. The van der Waals surface area contributed by atoms with Gasteiger partial charge in [-0.2, -0.15) is 5.10 Å². The summed E-state index contributed by atoms with van der Waals surface area (Å²) in [4.78, 5) is 0. The van der Waals surface area contributed by atoms with Gasteiger partial charge in [0.15, 0.2) is 0 Å². The van der Waals surface area contributed by atoms with Crippen LogP contribution in [0, 0.1) is 12.7 Å². The lowest BCUT2D eigenvalue weighted by molar-refractivity contribution is 0.476. The Hall–Kier alpha value is -1.39. The van der Waals surface area contributed by atoms with E-state index in [1.165, 1.54) is 6.07 Å². The van der Waals surface area contributed by atoms with Gasteiger partial charge in [-0.3, -0.25) is 4.68 Å². The van der Waals surface area contributed by atoms with Crippen molar-refractivity contribution in [2.45, 2.75) is 39.8 Å². The van der Waals surface area contributed by atoms with Crippen molar-refractivity contribution in [1.29, 1.82) is 0 Å². The molecule has 21 heavy (non-hydrogen) atoms. The Morgan fingerprint density at radius 3 is 2.67 bits per heavy atom. The highest BCUT2D eigenvalue weighted by atomic mass is 35.5. The quantitative estimate of drug-likeness (QED) is 0.894. The molecule has 2 rings (SSSR count). The molecule has 0 radical (unpaired) electrons. The van der Waals surface area contributed by atoms with Crippen LogP contribution in [0.1, 0.15) is 49.7 Å². The van der Waals surface area contributed by atoms with E-state index in [9.17, 15) is 4.39 Å². The molecule has 2 aromatic rings. The smallest absolute Gasteiger partial charge is 0.126 e. The maximum atomic E-state index is 13.5. The van der Waals surface area contributed by atoms with Gasteiger partial charge in [0.05, 0.1) is 23.0 Å². The van der Waals surface area contributed by atoms with Gasteiger partial charge in [0.2, 0.25) is 0 Å². The fourth-order valence-corrected chi connectivity index (χ4v) is 2.70. The van der Waals surface area contributed by atoms with Gasteiger partial charge in [0.25, 0.3) is 0 Å². The first kappa shape index (κ1) is 16.0. The van der Waals surface area contributed by atoms with E-state index in [1.54, 1.807) is 19.2 Å². The summed E-state index contributed by atoms with van der Waals surface area (Å²) < 4.78 is 15.4. The number of nitrogens with zero attached hydrogens (tertiary/aromatic N) is 2. The standard InChI is InChI=1S/C16H21ClFN3/c1-5-19-15(12-6-7-14(18)11(4)8-12)16-13(17)9-20-21(16)10(2)3/h6-10,15,19H,5H2,1-4H3. The third-order valence-electron chi connectivity index (χ3n) is 3.47. The Labute approximate surface area is 130 Å². The van der Waals surface area contributed by atoms with Crippen molar-refractivity contribution >= 4 is 11.6 Å². The second kappa shape index (κ2) is 6.58. The zero-order valence-corrected chi connectivity index (χ0v) is 13.6. The summed E-state index contributed by atoms with van der Waals surface area (Å²) in [6.45, 7) is 8.70. The van der Waals surface area contributed by atoms with Crippen LogP contribution in [0.3, 0.4) is 0 Å². The molecule has 0 saturated heterocycles. The lowest BCUT2D eigenvalue weighted by atomic mass is 10.0. The summed E-state index contributed by atoms with van der Waals surface area (Å²) in [6.07, 6.45) is 1.66. The van der Waals surface area contributed by atoms with Gasteiger partial charge in [0.1, 0.15) is 5.82 Å². The molecule has 0 bridgehead atoms. The zero-order chi connectivity index (χ0) is 15.6. The number of benzene rings is 1. The first-order chi connectivity index (χ1) is 9.95. The molecule has 1 N–H and O–H groups in total. The molecule has 3 nitrogen and oxygen atoms in total. The van der Waals surface area contributed by atoms with Gasteiger partial charge in [-0.1, -0.05) is 30.7 Å². The maximum Gasteiger partial charge on any atom is 0.126 e. The third kappa shape index (κ3) is 3.27. The summed E-state index contributed by atoms with van der Waals surface area (Å²) in [5.74, 6) is -0.197. The van der Waals surface area contributed by atoms with Crippen molar-refractivity contribution in [1.82, 2.24) is 15.1 Å². The Morgan fingerprint density at radius 1 is 1.38 bits per heavy atom. The van der Waals surface area contributed by atoms with Crippen LogP contribution >= 0.6 is 11.6 Å². The van der Waals surface area contributed by atoms with Crippen LogP contribution in [-0.4, -0.2) is 16.3 Å². The Balaban J connectivity index is 2.53. The SMILES string of the molecule is CCNC(c1ccc(F)c(C)c1)c1c(Cl)cnn1C(C)C. The number of rotatable bonds is 5. The molecule has 0 aliphatic rings. The number of aromatic nitrogens is 2. The van der Waals surface area contributed by atoms with Crippen molar-refractivity contribution < 1.29 is 4.39 Å². The summed E-state index contributed by atoms with van der Waals surface area (Å²) in [5, 5.41) is 8.39. The largest absolute Gasteiger partial charge is 0.305 e. The average molecular weight is 310 g/mol. The normalized spacial score (nSPS) is 12.9. The molecular weight excluding hydrogens is 289 g/mol. The van der Waals surface area contributed by atoms with Crippen molar-refractivity contribution in [2.24, 2.45) is 0 Å². The van der Waals surface area contributed by atoms with E-state index in [0.29, 0.717) is 10.6 Å². The molecule has 0 aliphatic carbocycles. The van der Waals surface area contributed by atoms with E-state index < -0.39 is 0 Å². The van der Waals surface area contributed by atoms with Crippen molar-refractivity contribution in [2.75, 3.05) is 6.54 Å². The van der Waals surface area contributed by atoms with Crippen molar-refractivity contribution in [3.8, 4) is 0 Å². The third-order valence-corrected chi connectivity index (χ3v) is 3.76. The highest BCUT2D eigenvalue weighted by Crippen LogP contribution is 2.31. The fourth-order valence-electron chi connectivity index (χ4n) is 2.46. The number of hydrogen-bond acceptors (Lipinski definition) is 2. The van der Waals surface area contributed by atoms with Crippen LogP contribution in [0.4, 0.5) is 4.39 Å². The lowest BCUT2D eigenvalue weighted by Gasteiger charge is -2.22. The van der Waals surface area contributed by atoms with Gasteiger partial charge < -0.3 is 5.32 Å². The summed E-state index contributed by atoms with van der Waals surface area (Å²) in [7, 11) is 0. The average Bonchev–Trinajstić information content (AvgIpc) is 2.81. The lowest BCUT2D eigenvalue weighted by Crippen LogP contribution is -2.26. The summed E-state index contributed by atoms with van der Waals surface area (Å²) >= 11 is 6.34. The van der Waals surface area contributed by atoms with Crippen molar-refractivity contribution in [3.63, 3.8) is 0 Å². The van der Waals surface area contributed by atoms with Gasteiger partial charge in [-0.25, -0.2) is 4.39 Å². The number of nitrogens with one attached hydrogen (secondary N) is 1. The van der Waals surface area contributed by atoms with Gasteiger partial charge in [-0.15, -0.1) is 0 Å². The predicted octanol–water partition coefficient (Wildman–Crippen LogP) is 4.26. The minimum atomic E-state index is -0.197. The van der Waals surface area contributed by atoms with Gasteiger partial charge in [0, 0.05) is 6.04 Å². The highest BCUT2D eigenvalue weighted by Gasteiger charge is 2.23. The molecule has 1 heterocycles. The molecule has 114 valence electrons. The Morgan fingerprint density at radius 2 is 2.10 bits per heavy atom. The predicted molar refractivity (Wildman–Crippen MR) is 84.3 cm³/mol. The topological polar surface area (TPSA) is 29.9 Å². The second-order valence-electron chi connectivity index (χ2n) is 5.42. The molecule has 1 aromatic carbocycles. The summed E-state index contributed by atoms with van der Waals surface area (Å²) in [5.41, 5.74) is 2.53. The molecule has 1 unspecified atom stereocenters. The maximum absolute atomic E-state index is 13.5. The molecule has 0 fully saturated rings. The van der Waals surface area contributed by atoms with E-state index in [4.69, 9.17) is 11.6 Å². The van der Waals surface area contributed by atoms with Crippen LogP contribution in [0.5, 0.6) is 0 Å². The molecule has 0 saturated carbocycles. The molecule has 5 heteroatoms. The molecule has 0 spiro atoms. The van der Waals surface area contributed by atoms with Crippen LogP contribution in [0.2, 0.25) is 5.02 Å². The molecule has 0 amide bonds. The van der Waals surface area contributed by atoms with Crippen LogP contribution in [0.15, 0.2) is 24.4 Å². The van der Waals surface area contributed by atoms with E-state index >= 15 is 0 Å². The number of aryl methyl sites for hydroxylation is 1. The summed E-state index contributed by atoms with van der Waals surface area (Å²) in [6, 6.07) is 5.25. The number of halogens is 2. The van der Waals surface area contributed by atoms with E-state index in [1.807, 2.05) is 17.7 Å². The van der Waals surface area contributed by atoms with Gasteiger partial charge in [-0.05, 0) is 44.5 Å². The highest BCUT2D eigenvalue weighted by molar-refractivity contribution is 6.31. The van der Waals surface area contributed by atoms with Crippen molar-refractivity contribution in [3.05, 3.63) is 52.1 Å². The van der Waals surface area contributed by atoms with Gasteiger partial charge >= 0.3 is 0 Å². The molecular formula is C16H21ClFN3. The first-order valence-corrected chi connectivity index (χ1v) is 7.55. The monoisotopic (exact) mass is 309 g/mol. The number of hydrogen-bond donors (Lipinski definition) is 1. The van der Waals surface area contributed by atoms with Crippen LogP contribution in [0.25, 0.3) is 0 Å². The zero-order valence-electron chi connectivity index (χ0n) is 12.8. The minimum Gasteiger partial charge on any atom is -0.305 e. The molecule has 0 aliphatic heterocycles. The minimum absolute atomic E-state index is 0.105.